The number of hydrogen-bond donors (Lipinski definition) is 0. The Morgan fingerprint density at radius 2 is 1.65 bits per heavy atom. The fourth-order valence-electron chi connectivity index (χ4n) is 3.72. The van der Waals surface area contributed by atoms with Crippen LogP contribution in [0.15, 0.2) is 30.3 Å². The lowest BCUT2D eigenvalue weighted by Crippen LogP contribution is -2.58. The molecule has 2 heterocycles. The number of nitrogens with zero attached hydrogens (tertiary/aromatic N) is 2. The highest BCUT2D eigenvalue weighted by atomic mass is 16.5. The average Bonchev–Trinajstić information content (AvgIpc) is 2.56. The molecule has 0 spiro atoms. The number of piperazine rings is 1. The van der Waals surface area contributed by atoms with Crippen LogP contribution in [0.1, 0.15) is 26.2 Å². The Hall–Kier alpha value is -1.06. The number of rotatable bonds is 3. The van der Waals surface area contributed by atoms with Crippen LogP contribution in [0.3, 0.4) is 0 Å². The predicted molar refractivity (Wildman–Crippen MR) is 83.3 cm³/mol. The summed E-state index contributed by atoms with van der Waals surface area (Å²) in [5.74, 6) is 0. The molecule has 0 aliphatic carbocycles. The largest absolute Gasteiger partial charge is 0.381 e. The quantitative estimate of drug-likeness (QED) is 0.843. The minimum absolute atomic E-state index is 0.404. The van der Waals surface area contributed by atoms with Crippen LogP contribution >= 0.6 is 0 Å². The molecule has 110 valence electrons. The van der Waals surface area contributed by atoms with Gasteiger partial charge in [0.15, 0.2) is 0 Å². The van der Waals surface area contributed by atoms with Gasteiger partial charge in [-0.3, -0.25) is 4.90 Å². The molecular weight excluding hydrogens is 248 g/mol. The van der Waals surface area contributed by atoms with Crippen molar-refractivity contribution in [1.29, 1.82) is 0 Å². The lowest BCUT2D eigenvalue weighted by atomic mass is 9.85. The number of para-hydroxylation sites is 1. The zero-order chi connectivity index (χ0) is 13.8. The van der Waals surface area contributed by atoms with Gasteiger partial charge >= 0.3 is 0 Å². The third-order valence-electron chi connectivity index (χ3n) is 5.15. The van der Waals surface area contributed by atoms with Crippen molar-refractivity contribution in [3.8, 4) is 0 Å². The van der Waals surface area contributed by atoms with Gasteiger partial charge in [0.1, 0.15) is 0 Å². The number of ether oxygens (including phenoxy) is 1. The van der Waals surface area contributed by atoms with Crippen molar-refractivity contribution >= 4 is 5.69 Å². The number of hydrogen-bond acceptors (Lipinski definition) is 3. The topological polar surface area (TPSA) is 15.7 Å². The van der Waals surface area contributed by atoms with E-state index >= 15 is 0 Å². The smallest absolute Gasteiger partial charge is 0.0483 e. The maximum absolute atomic E-state index is 5.57. The molecule has 0 unspecified atom stereocenters. The molecule has 2 aliphatic heterocycles. The third-order valence-corrected chi connectivity index (χ3v) is 5.15. The summed E-state index contributed by atoms with van der Waals surface area (Å²) < 4.78 is 5.57. The van der Waals surface area contributed by atoms with Crippen molar-refractivity contribution in [3.05, 3.63) is 30.3 Å². The van der Waals surface area contributed by atoms with Crippen LogP contribution in [-0.2, 0) is 4.74 Å². The Labute approximate surface area is 122 Å². The normalized spacial score (nSPS) is 23.8. The van der Waals surface area contributed by atoms with Gasteiger partial charge in [-0.1, -0.05) is 25.1 Å². The molecule has 2 aliphatic rings. The first-order valence-electron chi connectivity index (χ1n) is 7.97. The lowest BCUT2D eigenvalue weighted by molar-refractivity contribution is -0.0333. The van der Waals surface area contributed by atoms with Gasteiger partial charge in [-0.15, -0.1) is 0 Å². The van der Waals surface area contributed by atoms with Crippen LogP contribution in [-0.4, -0.2) is 49.8 Å². The highest BCUT2D eigenvalue weighted by molar-refractivity contribution is 5.46. The fraction of sp³-hybridized carbons (Fsp3) is 0.647. The van der Waals surface area contributed by atoms with Gasteiger partial charge in [-0.25, -0.2) is 0 Å². The molecule has 2 fully saturated rings. The minimum Gasteiger partial charge on any atom is -0.381 e. The van der Waals surface area contributed by atoms with Crippen molar-refractivity contribution in [3.63, 3.8) is 0 Å². The standard InChI is InChI=1S/C17H26N2O/c1-2-17(8-14-20-15-9-17)19-12-10-18(11-13-19)16-6-4-3-5-7-16/h3-7H,2,8-15H2,1H3. The maximum atomic E-state index is 5.57. The molecule has 0 N–H and O–H groups in total. The summed E-state index contributed by atoms with van der Waals surface area (Å²) in [5.41, 5.74) is 1.77. The molecule has 0 saturated carbocycles. The predicted octanol–water partition coefficient (Wildman–Crippen LogP) is 2.77. The van der Waals surface area contributed by atoms with Crippen LogP contribution in [0.25, 0.3) is 0 Å². The van der Waals surface area contributed by atoms with Crippen LogP contribution in [0.4, 0.5) is 5.69 Å². The molecule has 3 heteroatoms. The summed E-state index contributed by atoms with van der Waals surface area (Å²) >= 11 is 0. The minimum atomic E-state index is 0.404. The first kappa shape index (κ1) is 13.9. The van der Waals surface area contributed by atoms with Gasteiger partial charge in [0.05, 0.1) is 0 Å². The first-order valence-corrected chi connectivity index (χ1v) is 7.97. The molecule has 0 radical (unpaired) electrons. The highest BCUT2D eigenvalue weighted by Gasteiger charge is 2.38. The van der Waals surface area contributed by atoms with Gasteiger partial charge in [0.25, 0.3) is 0 Å². The zero-order valence-electron chi connectivity index (χ0n) is 12.6. The molecule has 20 heavy (non-hydrogen) atoms. The number of benzene rings is 1. The number of anilines is 1. The lowest BCUT2D eigenvalue weighted by Gasteiger charge is -2.49. The van der Waals surface area contributed by atoms with Crippen LogP contribution in [0.2, 0.25) is 0 Å². The summed E-state index contributed by atoms with van der Waals surface area (Å²) in [6, 6.07) is 10.8. The Bertz CT molecular complexity index is 406. The summed E-state index contributed by atoms with van der Waals surface area (Å²) in [5, 5.41) is 0. The summed E-state index contributed by atoms with van der Waals surface area (Å²) in [6.07, 6.45) is 3.66. The molecule has 0 atom stereocenters. The molecule has 0 amide bonds. The second-order valence-electron chi connectivity index (χ2n) is 6.00. The van der Waals surface area contributed by atoms with Crippen LogP contribution in [0, 0.1) is 0 Å². The van der Waals surface area contributed by atoms with Crippen molar-refractivity contribution < 1.29 is 4.74 Å². The van der Waals surface area contributed by atoms with Crippen molar-refractivity contribution in [1.82, 2.24) is 4.90 Å². The van der Waals surface area contributed by atoms with Crippen molar-refractivity contribution in [2.45, 2.75) is 31.7 Å². The van der Waals surface area contributed by atoms with Crippen molar-refractivity contribution in [2.75, 3.05) is 44.3 Å². The van der Waals surface area contributed by atoms with Gasteiger partial charge in [0.2, 0.25) is 0 Å². The van der Waals surface area contributed by atoms with Gasteiger partial charge in [-0.2, -0.15) is 0 Å². The Morgan fingerprint density at radius 1 is 1.00 bits per heavy atom. The highest BCUT2D eigenvalue weighted by Crippen LogP contribution is 2.32. The Balaban J connectivity index is 1.63. The Kier molecular flexibility index (Phi) is 4.27. The Morgan fingerprint density at radius 3 is 2.25 bits per heavy atom. The fourth-order valence-corrected chi connectivity index (χ4v) is 3.72. The average molecular weight is 274 g/mol. The van der Waals surface area contributed by atoms with E-state index in [2.05, 4.69) is 47.1 Å². The van der Waals surface area contributed by atoms with Crippen molar-refractivity contribution in [2.24, 2.45) is 0 Å². The SMILES string of the molecule is CCC1(N2CCN(c3ccccc3)CC2)CCOCC1. The van der Waals surface area contributed by atoms with E-state index in [0.717, 1.165) is 26.3 Å². The van der Waals surface area contributed by atoms with Gasteiger partial charge in [0, 0.05) is 50.6 Å². The van der Waals surface area contributed by atoms with E-state index in [1.165, 1.54) is 38.0 Å². The van der Waals surface area contributed by atoms with E-state index in [4.69, 9.17) is 4.74 Å². The zero-order valence-corrected chi connectivity index (χ0v) is 12.6. The molecule has 3 nitrogen and oxygen atoms in total. The second kappa shape index (κ2) is 6.15. The van der Waals surface area contributed by atoms with E-state index in [-0.39, 0.29) is 0 Å². The van der Waals surface area contributed by atoms with Crippen LogP contribution < -0.4 is 4.90 Å². The van der Waals surface area contributed by atoms with E-state index in [1.54, 1.807) is 0 Å². The van der Waals surface area contributed by atoms with Crippen LogP contribution in [0.5, 0.6) is 0 Å². The van der Waals surface area contributed by atoms with E-state index in [9.17, 15) is 0 Å². The maximum Gasteiger partial charge on any atom is 0.0483 e. The van der Waals surface area contributed by atoms with Gasteiger partial charge < -0.3 is 9.64 Å². The van der Waals surface area contributed by atoms with E-state index in [0.29, 0.717) is 5.54 Å². The monoisotopic (exact) mass is 274 g/mol. The summed E-state index contributed by atoms with van der Waals surface area (Å²) in [7, 11) is 0. The molecule has 1 aromatic carbocycles. The molecule has 0 bridgehead atoms. The second-order valence-corrected chi connectivity index (χ2v) is 6.00. The molecule has 0 aromatic heterocycles. The molecular formula is C17H26N2O. The summed E-state index contributed by atoms with van der Waals surface area (Å²) in [4.78, 5) is 5.24. The van der Waals surface area contributed by atoms with E-state index < -0.39 is 0 Å². The van der Waals surface area contributed by atoms with E-state index in [1.807, 2.05) is 0 Å². The third kappa shape index (κ3) is 2.70. The van der Waals surface area contributed by atoms with Gasteiger partial charge in [-0.05, 0) is 31.4 Å². The molecule has 3 rings (SSSR count). The molecule has 1 aromatic rings. The molecule has 2 saturated heterocycles. The first-order chi connectivity index (χ1) is 9.84. The summed E-state index contributed by atoms with van der Waals surface area (Å²) in [6.45, 7) is 8.87.